The lowest BCUT2D eigenvalue weighted by Crippen LogP contribution is -1.85. The molecule has 4 heteroatoms. The first-order chi connectivity index (χ1) is 4.20. The van der Waals surface area contributed by atoms with Crippen LogP contribution in [0.15, 0.2) is 17.8 Å². The van der Waals surface area contributed by atoms with Crippen LogP contribution in [0.3, 0.4) is 0 Å². The Morgan fingerprint density at radius 2 is 1.67 bits per heavy atom. The van der Waals surface area contributed by atoms with E-state index in [-0.39, 0.29) is 5.95 Å². The van der Waals surface area contributed by atoms with E-state index in [0.29, 0.717) is 0 Å². The molecule has 0 N–H and O–H groups in total. The molecule has 0 heterocycles. The van der Waals surface area contributed by atoms with E-state index in [1.165, 1.54) is 20.0 Å². The van der Waals surface area contributed by atoms with Crippen LogP contribution in [0.1, 0.15) is 0 Å². The van der Waals surface area contributed by atoms with Gasteiger partial charge < -0.3 is 9.47 Å². The predicted molar refractivity (Wildman–Crippen MR) is 26.8 cm³/mol. The molecule has 0 aromatic carbocycles. The van der Waals surface area contributed by atoms with E-state index in [2.05, 4.69) is 9.47 Å². The van der Waals surface area contributed by atoms with Crippen LogP contribution in [-0.2, 0) is 9.47 Å². The van der Waals surface area contributed by atoms with Gasteiger partial charge in [0.2, 0.25) is 0 Å². The minimum absolute atomic E-state index is 0.324. The highest BCUT2D eigenvalue weighted by Crippen LogP contribution is 1.98. The molecule has 0 aliphatic heterocycles. The molecular formula is C5H6F2O2. The molecule has 0 atom stereocenters. The summed E-state index contributed by atoms with van der Waals surface area (Å²) in [7, 11) is 2.43. The Labute approximate surface area is 51.4 Å². The van der Waals surface area contributed by atoms with Crippen LogP contribution in [-0.4, -0.2) is 14.2 Å². The summed E-state index contributed by atoms with van der Waals surface area (Å²) in [5.74, 6) is -0.324. The van der Waals surface area contributed by atoms with Crippen molar-refractivity contribution in [1.82, 2.24) is 0 Å². The summed E-state index contributed by atoms with van der Waals surface area (Å²) in [5, 5.41) is 0. The van der Waals surface area contributed by atoms with Gasteiger partial charge in [-0.3, -0.25) is 0 Å². The summed E-state index contributed by atoms with van der Waals surface area (Å²) in [6, 6.07) is 0. The van der Waals surface area contributed by atoms with Crippen LogP contribution in [0.5, 0.6) is 0 Å². The van der Waals surface area contributed by atoms with E-state index in [0.717, 1.165) is 0 Å². The van der Waals surface area contributed by atoms with Crippen LogP contribution >= 0.6 is 0 Å². The maximum absolute atomic E-state index is 11.3. The summed E-state index contributed by atoms with van der Waals surface area (Å²) in [5.41, 5.74) is 1.53. The van der Waals surface area contributed by atoms with Gasteiger partial charge in [-0.1, -0.05) is 0 Å². The topological polar surface area (TPSA) is 18.5 Å². The Bertz CT molecular complexity index is 137. The highest BCUT2D eigenvalue weighted by Gasteiger charge is 1.91. The molecule has 0 bridgehead atoms. The Morgan fingerprint density at radius 3 is 1.78 bits per heavy atom. The highest BCUT2D eigenvalue weighted by molar-refractivity contribution is 4.84. The van der Waals surface area contributed by atoms with Gasteiger partial charge in [0, 0.05) is 5.73 Å². The van der Waals surface area contributed by atoms with E-state index in [1.54, 1.807) is 0 Å². The van der Waals surface area contributed by atoms with Gasteiger partial charge in [0.25, 0.3) is 0 Å². The Kier molecular flexibility index (Phi) is 3.48. The molecule has 0 aliphatic carbocycles. The van der Waals surface area contributed by atoms with Crippen molar-refractivity contribution >= 4 is 0 Å². The molecule has 2 nitrogen and oxygen atoms in total. The average Bonchev–Trinajstić information content (AvgIpc) is 1.82. The number of hydrogen-bond donors (Lipinski definition) is 0. The van der Waals surface area contributed by atoms with E-state index >= 15 is 0 Å². The molecule has 0 radical (unpaired) electrons. The number of rotatable bonds is 2. The Balaban J connectivity index is 4.25. The van der Waals surface area contributed by atoms with Crippen molar-refractivity contribution in [3.05, 3.63) is 17.8 Å². The fourth-order valence-corrected chi connectivity index (χ4v) is 0.263. The molecule has 0 rings (SSSR count). The number of ether oxygens (including phenoxy) is 2. The van der Waals surface area contributed by atoms with Gasteiger partial charge in [-0.2, -0.15) is 8.78 Å². The van der Waals surface area contributed by atoms with Crippen LogP contribution < -0.4 is 0 Å². The van der Waals surface area contributed by atoms with Crippen LogP contribution in [0.4, 0.5) is 8.78 Å². The lowest BCUT2D eigenvalue weighted by molar-refractivity contribution is 0.0954. The van der Waals surface area contributed by atoms with Gasteiger partial charge >= 0.3 is 12.0 Å². The van der Waals surface area contributed by atoms with Gasteiger partial charge in [-0.25, -0.2) is 0 Å². The molecule has 0 saturated heterocycles. The third-order valence-corrected chi connectivity index (χ3v) is 0.567. The van der Waals surface area contributed by atoms with Crippen molar-refractivity contribution in [3.8, 4) is 0 Å². The molecule has 0 saturated carbocycles. The van der Waals surface area contributed by atoms with Crippen molar-refractivity contribution < 1.29 is 18.3 Å². The van der Waals surface area contributed by atoms with Crippen molar-refractivity contribution in [3.63, 3.8) is 0 Å². The van der Waals surface area contributed by atoms with E-state index < -0.39 is 6.08 Å². The highest BCUT2D eigenvalue weighted by atomic mass is 19.3. The molecule has 0 aromatic rings. The maximum atomic E-state index is 11.3. The fourth-order valence-electron chi connectivity index (χ4n) is 0.263. The minimum atomic E-state index is -1.96. The summed E-state index contributed by atoms with van der Waals surface area (Å²) < 4.78 is 31.2. The second-order valence-corrected chi connectivity index (χ2v) is 1.08. The van der Waals surface area contributed by atoms with E-state index in [4.69, 9.17) is 0 Å². The third kappa shape index (κ3) is 3.55. The van der Waals surface area contributed by atoms with Crippen LogP contribution in [0.2, 0.25) is 0 Å². The summed E-state index contributed by atoms with van der Waals surface area (Å²) >= 11 is 0. The van der Waals surface area contributed by atoms with Gasteiger partial charge in [0.05, 0.1) is 14.2 Å². The molecule has 0 fully saturated rings. The van der Waals surface area contributed by atoms with E-state index in [1.807, 2.05) is 0 Å². The molecule has 0 aromatic heterocycles. The zero-order chi connectivity index (χ0) is 7.28. The Morgan fingerprint density at radius 1 is 1.22 bits per heavy atom. The third-order valence-electron chi connectivity index (χ3n) is 0.567. The molecule has 0 amide bonds. The smallest absolute Gasteiger partial charge is 0.332 e. The van der Waals surface area contributed by atoms with Crippen molar-refractivity contribution in [2.75, 3.05) is 14.2 Å². The predicted octanol–water partition coefficient (Wildman–Crippen LogP) is 1.50. The molecular weight excluding hydrogens is 130 g/mol. The van der Waals surface area contributed by atoms with Gasteiger partial charge in [-0.05, 0) is 0 Å². The second kappa shape index (κ2) is 3.92. The molecule has 52 valence electrons. The first-order valence-electron chi connectivity index (χ1n) is 2.10. The van der Waals surface area contributed by atoms with Crippen molar-refractivity contribution in [1.29, 1.82) is 0 Å². The zero-order valence-electron chi connectivity index (χ0n) is 5.07. The standard InChI is InChI=1S/C5H6F2O2/c1-8-5(9-2)3-4(6)7/h1-2H3. The quantitative estimate of drug-likeness (QED) is 0.423. The minimum Gasteiger partial charge on any atom is -0.463 e. The maximum Gasteiger partial charge on any atom is 0.332 e. The fraction of sp³-hybridized carbons (Fsp3) is 0.400. The van der Waals surface area contributed by atoms with Crippen LogP contribution in [0.25, 0.3) is 0 Å². The van der Waals surface area contributed by atoms with Gasteiger partial charge in [-0.15, -0.1) is 0 Å². The molecule has 0 spiro atoms. The number of hydrogen-bond acceptors (Lipinski definition) is 2. The lowest BCUT2D eigenvalue weighted by Gasteiger charge is -1.96. The summed E-state index contributed by atoms with van der Waals surface area (Å²) in [6.45, 7) is 0. The zero-order valence-corrected chi connectivity index (χ0v) is 5.07. The van der Waals surface area contributed by atoms with Crippen molar-refractivity contribution in [2.24, 2.45) is 0 Å². The SMILES string of the molecule is COC(=C=C(F)F)OC. The van der Waals surface area contributed by atoms with Crippen LogP contribution in [0, 0.1) is 0 Å². The van der Waals surface area contributed by atoms with E-state index in [9.17, 15) is 8.78 Å². The first kappa shape index (κ1) is 7.98. The summed E-state index contributed by atoms with van der Waals surface area (Å²) in [4.78, 5) is 0. The first-order valence-corrected chi connectivity index (χ1v) is 2.10. The molecule has 0 unspecified atom stereocenters. The lowest BCUT2D eigenvalue weighted by atomic mass is 10.8. The number of halogens is 2. The van der Waals surface area contributed by atoms with Gasteiger partial charge in [0.1, 0.15) is 0 Å². The largest absolute Gasteiger partial charge is 0.463 e. The second-order valence-electron chi connectivity index (χ2n) is 1.08. The Hall–Kier alpha value is -1.02. The van der Waals surface area contributed by atoms with Gasteiger partial charge in [0.15, 0.2) is 0 Å². The monoisotopic (exact) mass is 136 g/mol. The summed E-state index contributed by atoms with van der Waals surface area (Å²) in [6.07, 6.45) is -1.96. The molecule has 0 aliphatic rings. The average molecular weight is 136 g/mol. The normalized spacial score (nSPS) is 7.56. The number of methoxy groups -OCH3 is 2. The molecule has 9 heavy (non-hydrogen) atoms. The van der Waals surface area contributed by atoms with Crippen molar-refractivity contribution in [2.45, 2.75) is 0 Å².